The molecule has 7 nitrogen and oxygen atoms in total. The Morgan fingerprint density at radius 3 is 2.58 bits per heavy atom. The van der Waals surface area contributed by atoms with E-state index in [1.165, 1.54) is 12.1 Å². The summed E-state index contributed by atoms with van der Waals surface area (Å²) in [5.41, 5.74) is 0.911. The van der Waals surface area contributed by atoms with Crippen molar-refractivity contribution in [2.75, 3.05) is 19.6 Å². The van der Waals surface area contributed by atoms with Crippen LogP contribution in [0.3, 0.4) is 0 Å². The van der Waals surface area contributed by atoms with Gasteiger partial charge >= 0.3 is 0 Å². The second-order valence-electron chi connectivity index (χ2n) is 5.97. The molecule has 1 aliphatic rings. The average Bonchev–Trinajstić information content (AvgIpc) is 2.91. The lowest BCUT2D eigenvalue weighted by molar-refractivity contribution is -0.129. The molecule has 132 valence electrons. The lowest BCUT2D eigenvalue weighted by atomic mass is 10.1. The number of hydrogen-bond acceptors (Lipinski definition) is 4. The molecule has 1 aromatic rings. The maximum Gasteiger partial charge on any atom is 0.238 e. The Bertz CT molecular complexity index is 701. The number of amides is 2. The Hall–Kier alpha value is -1.93. The molecule has 0 saturated carbocycles. The van der Waals surface area contributed by atoms with E-state index in [1.54, 1.807) is 17.0 Å². The van der Waals surface area contributed by atoms with Gasteiger partial charge in [-0.25, -0.2) is 13.6 Å². The Labute approximate surface area is 142 Å². The standard InChI is InChI=1S/C16H23N3O4S/c1-2-8-18-16(21)13-10-15(20)19(11-13)9-7-12-3-5-14(6-4-12)24(17,22)23/h3-6,13H,2,7-11H2,1H3,(H,18,21)(H2,17,22,23). The summed E-state index contributed by atoms with van der Waals surface area (Å²) in [6.07, 6.45) is 1.71. The summed E-state index contributed by atoms with van der Waals surface area (Å²) in [6, 6.07) is 6.28. The molecule has 8 heteroatoms. The Morgan fingerprint density at radius 1 is 1.33 bits per heavy atom. The highest BCUT2D eigenvalue weighted by Crippen LogP contribution is 2.19. The monoisotopic (exact) mass is 353 g/mol. The molecule has 3 N–H and O–H groups in total. The average molecular weight is 353 g/mol. The smallest absolute Gasteiger partial charge is 0.238 e. The molecule has 0 aliphatic carbocycles. The van der Waals surface area contributed by atoms with Crippen LogP contribution >= 0.6 is 0 Å². The van der Waals surface area contributed by atoms with Crippen LogP contribution in [0.25, 0.3) is 0 Å². The van der Waals surface area contributed by atoms with Crippen molar-refractivity contribution in [2.24, 2.45) is 11.1 Å². The molecule has 1 fully saturated rings. The summed E-state index contributed by atoms with van der Waals surface area (Å²) in [7, 11) is -3.69. The highest BCUT2D eigenvalue weighted by atomic mass is 32.2. The number of carbonyl (C=O) groups excluding carboxylic acids is 2. The number of rotatable bonds is 7. The third-order valence-electron chi connectivity index (χ3n) is 4.06. The third-order valence-corrected chi connectivity index (χ3v) is 4.99. The van der Waals surface area contributed by atoms with Gasteiger partial charge in [0.2, 0.25) is 21.8 Å². The molecule has 2 rings (SSSR count). The highest BCUT2D eigenvalue weighted by molar-refractivity contribution is 7.89. The minimum absolute atomic E-state index is 0.0206. The number of nitrogens with zero attached hydrogens (tertiary/aromatic N) is 1. The molecule has 0 bridgehead atoms. The summed E-state index contributed by atoms with van der Waals surface area (Å²) >= 11 is 0. The van der Waals surface area contributed by atoms with E-state index in [-0.39, 0.29) is 29.0 Å². The van der Waals surface area contributed by atoms with Crippen LogP contribution in [0, 0.1) is 5.92 Å². The minimum Gasteiger partial charge on any atom is -0.356 e. The summed E-state index contributed by atoms with van der Waals surface area (Å²) in [6.45, 7) is 3.54. The van der Waals surface area contributed by atoms with E-state index in [2.05, 4.69) is 5.32 Å². The van der Waals surface area contributed by atoms with Gasteiger partial charge in [-0.15, -0.1) is 0 Å². The van der Waals surface area contributed by atoms with Gasteiger partial charge < -0.3 is 10.2 Å². The van der Waals surface area contributed by atoms with Crippen molar-refractivity contribution in [1.29, 1.82) is 0 Å². The van der Waals surface area contributed by atoms with Crippen molar-refractivity contribution in [3.63, 3.8) is 0 Å². The molecule has 1 atom stereocenters. The number of hydrogen-bond donors (Lipinski definition) is 2. The van der Waals surface area contributed by atoms with Gasteiger partial charge in [0, 0.05) is 26.1 Å². The first-order chi connectivity index (χ1) is 11.3. The number of likely N-dealkylation sites (tertiary alicyclic amines) is 1. The van der Waals surface area contributed by atoms with E-state index >= 15 is 0 Å². The number of benzene rings is 1. The minimum atomic E-state index is -3.69. The molecule has 0 radical (unpaired) electrons. The van der Waals surface area contributed by atoms with Crippen molar-refractivity contribution in [2.45, 2.75) is 31.1 Å². The molecule has 1 aliphatic heterocycles. The van der Waals surface area contributed by atoms with E-state index in [0.717, 1.165) is 12.0 Å². The zero-order valence-corrected chi connectivity index (χ0v) is 14.5. The lowest BCUT2D eigenvalue weighted by Crippen LogP contribution is -2.33. The van der Waals surface area contributed by atoms with Gasteiger partial charge in [-0.2, -0.15) is 0 Å². The van der Waals surface area contributed by atoms with Crippen LogP contribution in [0.4, 0.5) is 0 Å². The number of sulfonamides is 1. The van der Waals surface area contributed by atoms with Crippen molar-refractivity contribution in [3.8, 4) is 0 Å². The van der Waals surface area contributed by atoms with E-state index in [0.29, 0.717) is 26.1 Å². The fourth-order valence-corrected chi connectivity index (χ4v) is 3.18. The largest absolute Gasteiger partial charge is 0.356 e. The number of primary sulfonamides is 1. The van der Waals surface area contributed by atoms with Crippen molar-refractivity contribution >= 4 is 21.8 Å². The Kier molecular flexibility index (Phi) is 5.95. The molecule has 1 aromatic carbocycles. The summed E-state index contributed by atoms with van der Waals surface area (Å²) < 4.78 is 22.4. The van der Waals surface area contributed by atoms with E-state index in [1.807, 2.05) is 6.92 Å². The first-order valence-electron chi connectivity index (χ1n) is 7.98. The van der Waals surface area contributed by atoms with Crippen LogP contribution in [0.15, 0.2) is 29.2 Å². The molecular formula is C16H23N3O4S. The summed E-state index contributed by atoms with van der Waals surface area (Å²) in [5, 5.41) is 7.88. The molecule has 1 saturated heterocycles. The van der Waals surface area contributed by atoms with Crippen molar-refractivity contribution in [1.82, 2.24) is 10.2 Å². The molecule has 0 aromatic heterocycles. The van der Waals surface area contributed by atoms with Crippen molar-refractivity contribution < 1.29 is 18.0 Å². The van der Waals surface area contributed by atoms with Gasteiger partial charge in [-0.1, -0.05) is 19.1 Å². The van der Waals surface area contributed by atoms with Crippen LogP contribution in [-0.4, -0.2) is 44.8 Å². The van der Waals surface area contributed by atoms with Crippen LogP contribution in [0.2, 0.25) is 0 Å². The van der Waals surface area contributed by atoms with E-state index in [4.69, 9.17) is 5.14 Å². The SMILES string of the molecule is CCCNC(=O)C1CC(=O)N(CCc2ccc(S(N)(=O)=O)cc2)C1. The molecular weight excluding hydrogens is 330 g/mol. The first-order valence-corrected chi connectivity index (χ1v) is 9.53. The summed E-state index contributed by atoms with van der Waals surface area (Å²) in [5.74, 6) is -0.369. The number of nitrogens with one attached hydrogen (secondary N) is 1. The second-order valence-corrected chi connectivity index (χ2v) is 7.53. The quantitative estimate of drug-likeness (QED) is 0.732. The van der Waals surface area contributed by atoms with E-state index < -0.39 is 10.0 Å². The zero-order chi connectivity index (χ0) is 17.7. The molecule has 0 spiro atoms. The van der Waals surface area contributed by atoms with Crippen LogP contribution in [0.5, 0.6) is 0 Å². The van der Waals surface area contributed by atoms with Crippen LogP contribution in [-0.2, 0) is 26.0 Å². The molecule has 24 heavy (non-hydrogen) atoms. The second kappa shape index (κ2) is 7.76. The van der Waals surface area contributed by atoms with Gasteiger partial charge in [0.05, 0.1) is 10.8 Å². The zero-order valence-electron chi connectivity index (χ0n) is 13.7. The first kappa shape index (κ1) is 18.4. The normalized spacial score (nSPS) is 18.0. The van der Waals surface area contributed by atoms with Gasteiger partial charge in [-0.3, -0.25) is 9.59 Å². The number of carbonyl (C=O) groups is 2. The Balaban J connectivity index is 1.88. The number of nitrogens with two attached hydrogens (primary N) is 1. The summed E-state index contributed by atoms with van der Waals surface area (Å²) in [4.78, 5) is 25.7. The van der Waals surface area contributed by atoms with Gasteiger partial charge in [0.25, 0.3) is 0 Å². The highest BCUT2D eigenvalue weighted by Gasteiger charge is 2.33. The lowest BCUT2D eigenvalue weighted by Gasteiger charge is -2.16. The molecule has 1 heterocycles. The van der Waals surface area contributed by atoms with Crippen LogP contribution in [0.1, 0.15) is 25.3 Å². The topological polar surface area (TPSA) is 110 Å². The maximum absolute atomic E-state index is 12.0. The fourth-order valence-electron chi connectivity index (χ4n) is 2.67. The van der Waals surface area contributed by atoms with Crippen LogP contribution < -0.4 is 10.5 Å². The van der Waals surface area contributed by atoms with Gasteiger partial charge in [0.1, 0.15) is 0 Å². The van der Waals surface area contributed by atoms with Gasteiger partial charge in [-0.05, 0) is 30.5 Å². The predicted molar refractivity (Wildman–Crippen MR) is 89.5 cm³/mol. The van der Waals surface area contributed by atoms with E-state index in [9.17, 15) is 18.0 Å². The van der Waals surface area contributed by atoms with Crippen molar-refractivity contribution in [3.05, 3.63) is 29.8 Å². The third kappa shape index (κ3) is 4.78. The maximum atomic E-state index is 12.0. The Morgan fingerprint density at radius 2 is 2.00 bits per heavy atom. The molecule has 1 unspecified atom stereocenters. The fraction of sp³-hybridized carbons (Fsp3) is 0.500. The van der Waals surface area contributed by atoms with Gasteiger partial charge in [0.15, 0.2) is 0 Å². The molecule has 2 amide bonds. The predicted octanol–water partition coefficient (Wildman–Crippen LogP) is 0.251.